The molecular weight excluding hydrogens is 358 g/mol. The average molecular weight is 388 g/mol. The van der Waals surface area contributed by atoms with E-state index in [4.69, 9.17) is 16.3 Å². The van der Waals surface area contributed by atoms with Crippen LogP contribution in [0.2, 0.25) is 5.15 Å². The number of piperidine rings is 1. The lowest BCUT2D eigenvalue weighted by Gasteiger charge is -2.38. The van der Waals surface area contributed by atoms with Crippen molar-refractivity contribution in [2.75, 3.05) is 32.1 Å². The van der Waals surface area contributed by atoms with E-state index in [0.29, 0.717) is 29.3 Å². The highest BCUT2D eigenvalue weighted by Gasteiger charge is 2.39. The van der Waals surface area contributed by atoms with Crippen LogP contribution >= 0.6 is 11.6 Å². The van der Waals surface area contributed by atoms with E-state index in [1.165, 1.54) is 19.3 Å². The quantitative estimate of drug-likeness (QED) is 0.582. The van der Waals surface area contributed by atoms with Gasteiger partial charge in [-0.3, -0.25) is 0 Å². The molecule has 0 N–H and O–H groups in total. The Bertz CT molecular complexity index is 733. The monoisotopic (exact) mass is 387 g/mol. The lowest BCUT2D eigenvalue weighted by atomic mass is 9.89. The third kappa shape index (κ3) is 4.11. The first kappa shape index (κ1) is 19.1. The number of pyridine rings is 1. The maximum absolute atomic E-state index is 6.22. The summed E-state index contributed by atoms with van der Waals surface area (Å²) in [5.74, 6) is 8.01. The second-order valence-corrected chi connectivity index (χ2v) is 8.93. The van der Waals surface area contributed by atoms with E-state index in [9.17, 15) is 0 Å². The molecule has 1 aromatic heterocycles. The smallest absolute Gasteiger partial charge is 0.131 e. The van der Waals surface area contributed by atoms with Crippen LogP contribution in [0.5, 0.6) is 0 Å². The fourth-order valence-electron chi connectivity index (χ4n) is 4.78. The molecule has 4 atom stereocenters. The van der Waals surface area contributed by atoms with Gasteiger partial charge in [-0.05, 0) is 59.0 Å². The first-order chi connectivity index (χ1) is 13.0. The summed E-state index contributed by atoms with van der Waals surface area (Å²) < 4.78 is 5.94. The van der Waals surface area contributed by atoms with E-state index < -0.39 is 0 Å². The van der Waals surface area contributed by atoms with Gasteiger partial charge in [0.1, 0.15) is 5.15 Å². The second-order valence-electron chi connectivity index (χ2n) is 8.54. The van der Waals surface area contributed by atoms with Gasteiger partial charge in [0.2, 0.25) is 0 Å². The zero-order valence-electron chi connectivity index (χ0n) is 16.6. The van der Waals surface area contributed by atoms with Crippen LogP contribution in [0.25, 0.3) is 0 Å². The predicted molar refractivity (Wildman–Crippen MR) is 110 cm³/mol. The second kappa shape index (κ2) is 7.99. The van der Waals surface area contributed by atoms with E-state index in [1.54, 1.807) is 0 Å². The van der Waals surface area contributed by atoms with Gasteiger partial charge in [0, 0.05) is 37.3 Å². The molecule has 0 amide bonds. The van der Waals surface area contributed by atoms with Crippen LogP contribution in [0, 0.1) is 23.7 Å². The van der Waals surface area contributed by atoms with Gasteiger partial charge in [0.05, 0.1) is 23.5 Å². The van der Waals surface area contributed by atoms with Crippen LogP contribution in [0.3, 0.4) is 0 Å². The third-order valence-corrected chi connectivity index (χ3v) is 6.93. The van der Waals surface area contributed by atoms with Crippen LogP contribution < -0.4 is 4.90 Å². The summed E-state index contributed by atoms with van der Waals surface area (Å²) >= 11 is 6.22. The topological polar surface area (TPSA) is 28.6 Å². The summed E-state index contributed by atoms with van der Waals surface area (Å²) in [5, 5.41) is 0.544. The minimum absolute atomic E-state index is 0.342. The fraction of sp³-hybridized carbons (Fsp3) is 0.682. The van der Waals surface area contributed by atoms with Gasteiger partial charge in [-0.15, -0.1) is 0 Å². The summed E-state index contributed by atoms with van der Waals surface area (Å²) in [4.78, 5) is 9.06. The normalized spacial score (nSPS) is 29.1. The van der Waals surface area contributed by atoms with Crippen molar-refractivity contribution < 1.29 is 4.74 Å². The Kier molecular flexibility index (Phi) is 5.64. The highest BCUT2D eigenvalue weighted by atomic mass is 35.5. The number of aromatic nitrogens is 1. The van der Waals surface area contributed by atoms with E-state index in [2.05, 4.69) is 47.6 Å². The lowest BCUT2D eigenvalue weighted by Crippen LogP contribution is -2.41. The number of hydrogen-bond donors (Lipinski definition) is 0. The summed E-state index contributed by atoms with van der Waals surface area (Å²) in [7, 11) is 4.35. The number of rotatable bonds is 3. The molecule has 0 saturated carbocycles. The summed E-state index contributed by atoms with van der Waals surface area (Å²) in [6.45, 7) is 4.43. The SMILES string of the molecule is CC(C1CCN(c2cc(Cl)ncc2C#CC2CC3CCC2O3)CC1)N(C)C. The molecule has 0 aromatic carbocycles. The summed E-state index contributed by atoms with van der Waals surface area (Å²) in [6, 6.07) is 2.60. The molecule has 3 saturated heterocycles. The number of ether oxygens (including phenoxy) is 1. The Balaban J connectivity index is 1.48. The van der Waals surface area contributed by atoms with Crippen molar-refractivity contribution in [3.05, 3.63) is 23.0 Å². The van der Waals surface area contributed by atoms with E-state index in [0.717, 1.165) is 43.1 Å². The first-order valence-electron chi connectivity index (χ1n) is 10.2. The van der Waals surface area contributed by atoms with Crippen molar-refractivity contribution in [2.45, 2.75) is 57.3 Å². The molecule has 4 unspecified atom stereocenters. The molecule has 2 bridgehead atoms. The van der Waals surface area contributed by atoms with E-state index in [1.807, 2.05) is 12.3 Å². The summed E-state index contributed by atoms with van der Waals surface area (Å²) in [6.07, 6.45) is 8.47. The maximum Gasteiger partial charge on any atom is 0.131 e. The molecule has 3 fully saturated rings. The number of anilines is 1. The third-order valence-electron chi connectivity index (χ3n) is 6.72. The van der Waals surface area contributed by atoms with Crippen molar-refractivity contribution in [3.63, 3.8) is 0 Å². The van der Waals surface area contributed by atoms with Crippen molar-refractivity contribution in [3.8, 4) is 11.8 Å². The van der Waals surface area contributed by atoms with Crippen LogP contribution in [0.1, 0.15) is 44.6 Å². The Morgan fingerprint density at radius 2 is 2.04 bits per heavy atom. The minimum atomic E-state index is 0.342. The number of halogens is 1. The zero-order valence-corrected chi connectivity index (χ0v) is 17.4. The Morgan fingerprint density at radius 3 is 2.67 bits per heavy atom. The molecule has 4 heterocycles. The van der Waals surface area contributed by atoms with E-state index in [-0.39, 0.29) is 0 Å². The highest BCUT2D eigenvalue weighted by Crippen LogP contribution is 2.38. The van der Waals surface area contributed by atoms with Crippen molar-refractivity contribution >= 4 is 17.3 Å². The van der Waals surface area contributed by atoms with Gasteiger partial charge < -0.3 is 14.5 Å². The molecule has 3 aliphatic heterocycles. The largest absolute Gasteiger partial charge is 0.374 e. The van der Waals surface area contributed by atoms with Crippen LogP contribution in [0.15, 0.2) is 12.3 Å². The van der Waals surface area contributed by atoms with Crippen molar-refractivity contribution in [1.82, 2.24) is 9.88 Å². The van der Waals surface area contributed by atoms with Crippen LogP contribution in [-0.2, 0) is 4.74 Å². The van der Waals surface area contributed by atoms with Gasteiger partial charge in [0.15, 0.2) is 0 Å². The molecule has 0 radical (unpaired) electrons. The number of hydrogen-bond acceptors (Lipinski definition) is 4. The maximum atomic E-state index is 6.22. The minimum Gasteiger partial charge on any atom is -0.374 e. The fourth-order valence-corrected chi connectivity index (χ4v) is 4.93. The van der Waals surface area contributed by atoms with Crippen molar-refractivity contribution in [1.29, 1.82) is 0 Å². The number of nitrogens with zero attached hydrogens (tertiary/aromatic N) is 3. The van der Waals surface area contributed by atoms with Crippen LogP contribution in [0.4, 0.5) is 5.69 Å². The van der Waals surface area contributed by atoms with E-state index >= 15 is 0 Å². The molecule has 4 rings (SSSR count). The molecule has 4 nitrogen and oxygen atoms in total. The molecular formula is C22H30ClN3O. The Labute approximate surface area is 168 Å². The molecule has 0 spiro atoms. The van der Waals surface area contributed by atoms with Crippen molar-refractivity contribution in [2.24, 2.45) is 11.8 Å². The molecule has 146 valence electrons. The van der Waals surface area contributed by atoms with Gasteiger partial charge in [-0.25, -0.2) is 4.98 Å². The molecule has 3 aliphatic rings. The Morgan fingerprint density at radius 1 is 1.26 bits per heavy atom. The standard InChI is InChI=1S/C22H30ClN3O/c1-15(25(2)3)16-8-10-26(11-9-16)20-13-22(23)24-14-18(20)5-4-17-12-19-6-7-21(17)27-19/h13-17,19,21H,6-12H2,1-3H3. The molecule has 0 aliphatic carbocycles. The van der Waals surface area contributed by atoms with Crippen LogP contribution in [-0.4, -0.2) is 55.3 Å². The highest BCUT2D eigenvalue weighted by molar-refractivity contribution is 6.29. The van der Waals surface area contributed by atoms with Gasteiger partial charge in [-0.2, -0.15) is 0 Å². The number of fused-ring (bicyclic) bond motifs is 2. The lowest BCUT2D eigenvalue weighted by molar-refractivity contribution is 0.0987. The summed E-state index contributed by atoms with van der Waals surface area (Å²) in [5.41, 5.74) is 2.14. The van der Waals surface area contributed by atoms with Gasteiger partial charge >= 0.3 is 0 Å². The van der Waals surface area contributed by atoms with Gasteiger partial charge in [-0.1, -0.05) is 23.4 Å². The Hall–Kier alpha value is -1.28. The molecule has 1 aromatic rings. The zero-order chi connectivity index (χ0) is 19.0. The first-order valence-corrected chi connectivity index (χ1v) is 10.6. The molecule has 5 heteroatoms. The molecule has 27 heavy (non-hydrogen) atoms. The average Bonchev–Trinajstić information content (AvgIpc) is 3.29. The predicted octanol–water partition coefficient (Wildman–Crippen LogP) is 3.82. The van der Waals surface area contributed by atoms with Gasteiger partial charge in [0.25, 0.3) is 0 Å².